The average molecular weight is 460 g/mol. The molecule has 156 valence electrons. The van der Waals surface area contributed by atoms with Crippen molar-refractivity contribution < 1.29 is 57.4 Å². The Morgan fingerprint density at radius 1 is 0.769 bits per heavy atom. The Morgan fingerprint density at radius 2 is 1.04 bits per heavy atom. The Kier molecular flexibility index (Phi) is 22.1. The third-order valence-electron chi connectivity index (χ3n) is 2.77. The van der Waals surface area contributed by atoms with Crippen molar-refractivity contribution >= 4 is 11.9 Å². The van der Waals surface area contributed by atoms with E-state index in [-0.39, 0.29) is 41.3 Å². The van der Waals surface area contributed by atoms with Crippen LogP contribution in [0.4, 0.5) is 0 Å². The SMILES string of the molecule is C=CC(=O)OCCC[N+](C)(C)C.C=CC(=O)OCCC[N+](C)(C)C.[Br-].[Cl-]. The van der Waals surface area contributed by atoms with Crippen LogP contribution in [0, 0.1) is 0 Å². The van der Waals surface area contributed by atoms with Gasteiger partial charge in [0.15, 0.2) is 0 Å². The second-order valence-corrected chi connectivity index (χ2v) is 7.48. The molecule has 0 amide bonds. The predicted molar refractivity (Wildman–Crippen MR) is 97.3 cm³/mol. The minimum atomic E-state index is -0.337. The topological polar surface area (TPSA) is 52.6 Å². The van der Waals surface area contributed by atoms with Crippen molar-refractivity contribution in [2.75, 3.05) is 68.6 Å². The third kappa shape index (κ3) is 30.9. The molecule has 0 fully saturated rings. The highest BCUT2D eigenvalue weighted by atomic mass is 79.9. The summed E-state index contributed by atoms with van der Waals surface area (Å²) in [5, 5.41) is 0. The predicted octanol–water partition coefficient (Wildman–Crippen LogP) is -4.37. The third-order valence-corrected chi connectivity index (χ3v) is 2.77. The van der Waals surface area contributed by atoms with Gasteiger partial charge >= 0.3 is 11.9 Å². The first kappa shape index (κ1) is 32.8. The highest BCUT2D eigenvalue weighted by molar-refractivity contribution is 5.81. The molecule has 0 bridgehead atoms. The van der Waals surface area contributed by atoms with E-state index in [4.69, 9.17) is 9.47 Å². The molecule has 0 saturated heterocycles. The number of quaternary nitrogens is 2. The van der Waals surface area contributed by atoms with Gasteiger partial charge in [-0.3, -0.25) is 0 Å². The molecule has 0 atom stereocenters. The molecule has 0 saturated carbocycles. The van der Waals surface area contributed by atoms with E-state index in [1.54, 1.807) is 0 Å². The van der Waals surface area contributed by atoms with Crippen molar-refractivity contribution in [3.63, 3.8) is 0 Å². The van der Waals surface area contributed by atoms with E-state index >= 15 is 0 Å². The normalized spacial score (nSPS) is 10.1. The summed E-state index contributed by atoms with van der Waals surface area (Å²) in [7, 11) is 12.6. The summed E-state index contributed by atoms with van der Waals surface area (Å²) >= 11 is 0. The number of carbonyl (C=O) groups is 2. The van der Waals surface area contributed by atoms with Gasteiger partial charge in [0, 0.05) is 25.0 Å². The lowest BCUT2D eigenvalue weighted by Gasteiger charge is -2.23. The number of nitrogens with zero attached hydrogens (tertiary/aromatic N) is 2. The Bertz CT molecular complexity index is 367. The van der Waals surface area contributed by atoms with E-state index in [0.29, 0.717) is 13.2 Å². The Morgan fingerprint density at radius 3 is 1.23 bits per heavy atom. The molecule has 0 aromatic heterocycles. The molecule has 0 rings (SSSR count). The van der Waals surface area contributed by atoms with Crippen molar-refractivity contribution in [1.29, 1.82) is 0 Å². The van der Waals surface area contributed by atoms with Gasteiger partial charge in [0.25, 0.3) is 0 Å². The van der Waals surface area contributed by atoms with Crippen LogP contribution in [0.5, 0.6) is 0 Å². The van der Waals surface area contributed by atoms with Crippen molar-refractivity contribution in [3.05, 3.63) is 25.3 Å². The van der Waals surface area contributed by atoms with Gasteiger partial charge in [0.2, 0.25) is 0 Å². The fraction of sp³-hybridized carbons (Fsp3) is 0.667. The zero-order valence-electron chi connectivity index (χ0n) is 17.1. The number of rotatable bonds is 10. The molecule has 0 heterocycles. The lowest BCUT2D eigenvalue weighted by Crippen LogP contribution is -3.00. The van der Waals surface area contributed by atoms with Crippen LogP contribution in [0.25, 0.3) is 0 Å². The maximum absolute atomic E-state index is 10.6. The number of hydrogen-bond donors (Lipinski definition) is 0. The Balaban J connectivity index is -0.000000173. The highest BCUT2D eigenvalue weighted by Crippen LogP contribution is 1.95. The first-order valence-electron chi connectivity index (χ1n) is 8.10. The second kappa shape index (κ2) is 17.5. The quantitative estimate of drug-likeness (QED) is 0.143. The van der Waals surface area contributed by atoms with Gasteiger partial charge in [0.05, 0.1) is 68.6 Å². The van der Waals surface area contributed by atoms with Crippen LogP contribution in [0.15, 0.2) is 25.3 Å². The minimum Gasteiger partial charge on any atom is -1.00 e. The lowest BCUT2D eigenvalue weighted by atomic mass is 10.4. The summed E-state index contributed by atoms with van der Waals surface area (Å²) in [6.45, 7) is 9.60. The fourth-order valence-corrected chi connectivity index (χ4v) is 1.54. The molecule has 0 N–H and O–H groups in total. The summed E-state index contributed by atoms with van der Waals surface area (Å²) < 4.78 is 11.4. The Labute approximate surface area is 176 Å². The van der Waals surface area contributed by atoms with E-state index in [2.05, 4.69) is 55.4 Å². The minimum absolute atomic E-state index is 0. The van der Waals surface area contributed by atoms with Gasteiger partial charge in [-0.15, -0.1) is 0 Å². The smallest absolute Gasteiger partial charge is 0.330 e. The molecular formula is C18H36BrClN2O4. The lowest BCUT2D eigenvalue weighted by molar-refractivity contribution is -0.870. The molecule has 0 spiro atoms. The van der Waals surface area contributed by atoms with Crippen molar-refractivity contribution in [1.82, 2.24) is 0 Å². The van der Waals surface area contributed by atoms with Gasteiger partial charge in [-0.1, -0.05) is 13.2 Å². The number of carbonyl (C=O) groups excluding carboxylic acids is 2. The molecule has 0 radical (unpaired) electrons. The molecule has 0 aromatic carbocycles. The molecule has 0 aromatic rings. The summed E-state index contributed by atoms with van der Waals surface area (Å²) in [6, 6.07) is 0. The summed E-state index contributed by atoms with van der Waals surface area (Å²) in [5.41, 5.74) is 0. The zero-order valence-corrected chi connectivity index (χ0v) is 19.4. The van der Waals surface area contributed by atoms with Crippen LogP contribution in [-0.4, -0.2) is 89.5 Å². The first-order chi connectivity index (χ1) is 10.9. The number of ether oxygens (including phenoxy) is 2. The monoisotopic (exact) mass is 458 g/mol. The van der Waals surface area contributed by atoms with Crippen molar-refractivity contribution in [2.45, 2.75) is 12.8 Å². The van der Waals surface area contributed by atoms with Crippen molar-refractivity contribution in [3.8, 4) is 0 Å². The van der Waals surface area contributed by atoms with E-state index in [1.165, 1.54) is 12.2 Å². The summed E-state index contributed by atoms with van der Waals surface area (Å²) in [6.07, 6.45) is 4.16. The maximum Gasteiger partial charge on any atom is 0.330 e. The number of hydrogen-bond acceptors (Lipinski definition) is 4. The molecule has 26 heavy (non-hydrogen) atoms. The van der Waals surface area contributed by atoms with E-state index in [0.717, 1.165) is 34.9 Å². The van der Waals surface area contributed by atoms with Gasteiger partial charge in [-0.25, -0.2) is 9.59 Å². The Hall–Kier alpha value is -0.890. The van der Waals surface area contributed by atoms with Crippen LogP contribution in [0.1, 0.15) is 12.8 Å². The summed E-state index contributed by atoms with van der Waals surface area (Å²) in [5.74, 6) is -0.673. The molecule has 0 aliphatic carbocycles. The van der Waals surface area contributed by atoms with Gasteiger partial charge in [-0.2, -0.15) is 0 Å². The van der Waals surface area contributed by atoms with Crippen LogP contribution >= 0.6 is 0 Å². The highest BCUT2D eigenvalue weighted by Gasteiger charge is 2.07. The molecular weight excluding hydrogens is 424 g/mol. The molecule has 6 nitrogen and oxygen atoms in total. The number of halogens is 2. The van der Waals surface area contributed by atoms with Gasteiger partial charge in [-0.05, 0) is 0 Å². The van der Waals surface area contributed by atoms with Crippen LogP contribution < -0.4 is 29.4 Å². The second-order valence-electron chi connectivity index (χ2n) is 7.48. The molecule has 8 heteroatoms. The van der Waals surface area contributed by atoms with E-state index in [1.807, 2.05) is 0 Å². The number of esters is 2. The standard InChI is InChI=1S/2C9H18NO2.BrH.ClH/c2*1-5-9(11)12-8-6-7-10(2,3)4;;/h2*5H,1,6-8H2,2-4H3;2*1H/q2*+1;;/p-2. The van der Waals surface area contributed by atoms with E-state index in [9.17, 15) is 9.59 Å². The molecule has 0 unspecified atom stereocenters. The fourth-order valence-electron chi connectivity index (χ4n) is 1.54. The van der Waals surface area contributed by atoms with Crippen LogP contribution in [0.3, 0.4) is 0 Å². The summed E-state index contributed by atoms with van der Waals surface area (Å²) in [4.78, 5) is 21.2. The van der Waals surface area contributed by atoms with E-state index < -0.39 is 0 Å². The molecule has 0 aliphatic heterocycles. The molecule has 0 aliphatic rings. The van der Waals surface area contributed by atoms with Gasteiger partial charge < -0.3 is 47.8 Å². The van der Waals surface area contributed by atoms with Crippen LogP contribution in [-0.2, 0) is 19.1 Å². The van der Waals surface area contributed by atoms with Gasteiger partial charge in [0.1, 0.15) is 0 Å². The maximum atomic E-state index is 10.6. The average Bonchev–Trinajstić information content (AvgIpc) is 2.46. The largest absolute Gasteiger partial charge is 1.00 e. The zero-order chi connectivity index (χ0) is 19.2. The first-order valence-corrected chi connectivity index (χ1v) is 8.10. The van der Waals surface area contributed by atoms with Crippen LogP contribution in [0.2, 0.25) is 0 Å². The van der Waals surface area contributed by atoms with Crippen molar-refractivity contribution in [2.24, 2.45) is 0 Å².